The quantitative estimate of drug-likeness (QED) is 0.833. The minimum Gasteiger partial charge on any atom is -0.507 e. The summed E-state index contributed by atoms with van der Waals surface area (Å²) in [4.78, 5) is 14.1. The highest BCUT2D eigenvalue weighted by Gasteiger charge is 2.28. The molecule has 0 bridgehead atoms. The molecule has 1 saturated heterocycles. The number of likely N-dealkylation sites (tertiary alicyclic amines) is 1. The molecule has 1 unspecified atom stereocenters. The van der Waals surface area contributed by atoms with Gasteiger partial charge in [0.15, 0.2) is 0 Å². The molecule has 1 atom stereocenters. The number of halogens is 1. The van der Waals surface area contributed by atoms with Crippen molar-refractivity contribution in [2.24, 2.45) is 0 Å². The Kier molecular flexibility index (Phi) is 4.16. The van der Waals surface area contributed by atoms with Crippen molar-refractivity contribution >= 4 is 21.8 Å². The second kappa shape index (κ2) is 5.51. The van der Waals surface area contributed by atoms with E-state index in [2.05, 4.69) is 15.9 Å². The highest BCUT2D eigenvalue weighted by Crippen LogP contribution is 2.26. The first-order chi connectivity index (χ1) is 8.89. The number of phenolic OH excluding ortho intramolecular Hbond substituents is 1. The fourth-order valence-corrected chi connectivity index (χ4v) is 2.67. The van der Waals surface area contributed by atoms with Gasteiger partial charge in [0.2, 0.25) is 0 Å². The van der Waals surface area contributed by atoms with Gasteiger partial charge >= 0.3 is 0 Å². The first-order valence-electron chi connectivity index (χ1n) is 6.39. The van der Waals surface area contributed by atoms with Crippen LogP contribution in [0, 0.1) is 0 Å². The van der Waals surface area contributed by atoms with Crippen LogP contribution in [0.3, 0.4) is 0 Å². The lowest BCUT2D eigenvalue weighted by molar-refractivity contribution is 0.0437. The number of carbonyl (C=O) groups excluding carboxylic acids is 1. The standard InChI is InChI=1S/C14H18BrNO3/c1-14(19)5-2-7-16(8-6-14)13(18)11-4-3-10(15)9-12(11)17/h3-4,9,17,19H,2,5-8H2,1H3. The number of aromatic hydroxyl groups is 1. The van der Waals surface area contributed by atoms with Gasteiger partial charge in [-0.05, 0) is 44.4 Å². The highest BCUT2D eigenvalue weighted by atomic mass is 79.9. The zero-order chi connectivity index (χ0) is 14.0. The van der Waals surface area contributed by atoms with E-state index in [1.807, 2.05) is 0 Å². The van der Waals surface area contributed by atoms with Gasteiger partial charge in [0.05, 0.1) is 11.2 Å². The minimum absolute atomic E-state index is 0.0182. The number of carbonyl (C=O) groups is 1. The molecule has 2 rings (SSSR count). The molecular formula is C14H18BrNO3. The zero-order valence-electron chi connectivity index (χ0n) is 10.9. The van der Waals surface area contributed by atoms with Crippen LogP contribution in [0.15, 0.2) is 22.7 Å². The Labute approximate surface area is 121 Å². The smallest absolute Gasteiger partial charge is 0.257 e. The van der Waals surface area contributed by atoms with E-state index >= 15 is 0 Å². The van der Waals surface area contributed by atoms with E-state index in [0.29, 0.717) is 31.5 Å². The number of benzene rings is 1. The summed E-state index contributed by atoms with van der Waals surface area (Å²) in [5, 5.41) is 19.9. The summed E-state index contributed by atoms with van der Waals surface area (Å²) < 4.78 is 0.736. The van der Waals surface area contributed by atoms with Crippen LogP contribution in [-0.2, 0) is 0 Å². The lowest BCUT2D eigenvalue weighted by Crippen LogP contribution is -2.33. The third-order valence-corrected chi connectivity index (χ3v) is 4.03. The number of amides is 1. The van der Waals surface area contributed by atoms with Crippen molar-refractivity contribution in [2.45, 2.75) is 31.8 Å². The third-order valence-electron chi connectivity index (χ3n) is 3.54. The van der Waals surface area contributed by atoms with E-state index in [4.69, 9.17) is 0 Å². The summed E-state index contributed by atoms with van der Waals surface area (Å²) >= 11 is 3.25. The molecule has 0 radical (unpaired) electrons. The summed E-state index contributed by atoms with van der Waals surface area (Å²) in [6.07, 6.45) is 2.04. The molecule has 1 aliphatic rings. The van der Waals surface area contributed by atoms with Crippen LogP contribution in [0.5, 0.6) is 5.75 Å². The number of rotatable bonds is 1. The van der Waals surface area contributed by atoms with Crippen LogP contribution < -0.4 is 0 Å². The Hall–Kier alpha value is -1.07. The van der Waals surface area contributed by atoms with E-state index in [0.717, 1.165) is 10.9 Å². The lowest BCUT2D eigenvalue weighted by atomic mass is 9.98. The Morgan fingerprint density at radius 3 is 2.79 bits per heavy atom. The second-order valence-electron chi connectivity index (χ2n) is 5.30. The molecular weight excluding hydrogens is 310 g/mol. The maximum atomic E-state index is 12.4. The summed E-state index contributed by atoms with van der Waals surface area (Å²) in [5.41, 5.74) is -0.388. The molecule has 4 nitrogen and oxygen atoms in total. The molecule has 1 amide bonds. The summed E-state index contributed by atoms with van der Waals surface area (Å²) in [5.74, 6) is -0.196. The molecule has 1 heterocycles. The first kappa shape index (κ1) is 14.3. The van der Waals surface area contributed by atoms with Crippen molar-refractivity contribution in [2.75, 3.05) is 13.1 Å². The van der Waals surface area contributed by atoms with Crippen LogP contribution in [0.1, 0.15) is 36.5 Å². The average Bonchev–Trinajstić information content (AvgIpc) is 2.49. The van der Waals surface area contributed by atoms with Crippen molar-refractivity contribution in [1.29, 1.82) is 0 Å². The van der Waals surface area contributed by atoms with Crippen LogP contribution >= 0.6 is 15.9 Å². The molecule has 1 fully saturated rings. The maximum absolute atomic E-state index is 12.4. The van der Waals surface area contributed by atoms with Crippen LogP contribution in [0.25, 0.3) is 0 Å². The minimum atomic E-state index is -0.698. The summed E-state index contributed by atoms with van der Waals surface area (Å²) in [6.45, 7) is 2.93. The van der Waals surface area contributed by atoms with Crippen molar-refractivity contribution < 1.29 is 15.0 Å². The summed E-state index contributed by atoms with van der Waals surface area (Å²) in [6, 6.07) is 4.87. The number of hydrogen-bond acceptors (Lipinski definition) is 3. The van der Waals surface area contributed by atoms with Crippen molar-refractivity contribution in [1.82, 2.24) is 4.90 Å². The Bertz CT molecular complexity index is 488. The van der Waals surface area contributed by atoms with Gasteiger partial charge in [0.1, 0.15) is 5.75 Å². The average molecular weight is 328 g/mol. The van der Waals surface area contributed by atoms with Gasteiger partial charge in [-0.3, -0.25) is 4.79 Å². The monoisotopic (exact) mass is 327 g/mol. The van der Waals surface area contributed by atoms with E-state index in [9.17, 15) is 15.0 Å². The van der Waals surface area contributed by atoms with E-state index in [1.165, 1.54) is 6.07 Å². The normalized spacial score (nSPS) is 24.1. The SMILES string of the molecule is CC1(O)CCCN(C(=O)c2ccc(Br)cc2O)CC1. The molecule has 19 heavy (non-hydrogen) atoms. The largest absolute Gasteiger partial charge is 0.507 e. The zero-order valence-corrected chi connectivity index (χ0v) is 12.5. The lowest BCUT2D eigenvalue weighted by Gasteiger charge is -2.23. The molecule has 2 N–H and O–H groups in total. The van der Waals surface area contributed by atoms with Gasteiger partial charge in [0.25, 0.3) is 5.91 Å². The van der Waals surface area contributed by atoms with Gasteiger partial charge in [-0.1, -0.05) is 15.9 Å². The Balaban J connectivity index is 2.15. The topological polar surface area (TPSA) is 60.8 Å². The van der Waals surface area contributed by atoms with Crippen LogP contribution in [0.2, 0.25) is 0 Å². The van der Waals surface area contributed by atoms with Gasteiger partial charge in [0, 0.05) is 17.6 Å². The Morgan fingerprint density at radius 1 is 1.37 bits per heavy atom. The first-order valence-corrected chi connectivity index (χ1v) is 7.18. The van der Waals surface area contributed by atoms with Crippen molar-refractivity contribution in [3.63, 3.8) is 0 Å². The van der Waals surface area contributed by atoms with Crippen molar-refractivity contribution in [3.8, 4) is 5.75 Å². The molecule has 1 aromatic rings. The van der Waals surface area contributed by atoms with Crippen LogP contribution in [-0.4, -0.2) is 39.7 Å². The summed E-state index contributed by atoms with van der Waals surface area (Å²) in [7, 11) is 0. The third kappa shape index (κ3) is 3.48. The van der Waals surface area contributed by atoms with Crippen LogP contribution in [0.4, 0.5) is 0 Å². The molecule has 0 saturated carbocycles. The maximum Gasteiger partial charge on any atom is 0.257 e. The van der Waals surface area contributed by atoms with Gasteiger partial charge in [-0.25, -0.2) is 0 Å². The molecule has 5 heteroatoms. The van der Waals surface area contributed by atoms with E-state index in [-0.39, 0.29) is 11.7 Å². The number of aliphatic hydroxyl groups is 1. The highest BCUT2D eigenvalue weighted by molar-refractivity contribution is 9.10. The predicted molar refractivity (Wildman–Crippen MR) is 76.2 cm³/mol. The molecule has 0 spiro atoms. The molecule has 0 aliphatic carbocycles. The fraction of sp³-hybridized carbons (Fsp3) is 0.500. The number of phenols is 1. The van der Waals surface area contributed by atoms with Crippen molar-refractivity contribution in [3.05, 3.63) is 28.2 Å². The van der Waals surface area contributed by atoms with Gasteiger partial charge in [-0.15, -0.1) is 0 Å². The molecule has 1 aliphatic heterocycles. The molecule has 1 aromatic carbocycles. The number of hydrogen-bond donors (Lipinski definition) is 2. The van der Waals surface area contributed by atoms with Gasteiger partial charge < -0.3 is 15.1 Å². The van der Waals surface area contributed by atoms with E-state index in [1.54, 1.807) is 24.0 Å². The van der Waals surface area contributed by atoms with Gasteiger partial charge in [-0.2, -0.15) is 0 Å². The molecule has 104 valence electrons. The fourth-order valence-electron chi connectivity index (χ4n) is 2.32. The Morgan fingerprint density at radius 2 is 2.11 bits per heavy atom. The molecule has 0 aromatic heterocycles. The predicted octanol–water partition coefficient (Wildman–Crippen LogP) is 2.53. The van der Waals surface area contributed by atoms with E-state index < -0.39 is 5.60 Å². The second-order valence-corrected chi connectivity index (χ2v) is 6.22. The number of nitrogens with zero attached hydrogens (tertiary/aromatic N) is 1.